The van der Waals surface area contributed by atoms with Gasteiger partial charge in [-0.1, -0.05) is 17.7 Å². The van der Waals surface area contributed by atoms with Gasteiger partial charge in [-0.25, -0.2) is 4.98 Å². The summed E-state index contributed by atoms with van der Waals surface area (Å²) in [7, 11) is 0. The van der Waals surface area contributed by atoms with Gasteiger partial charge in [-0.05, 0) is 73.5 Å². The quantitative estimate of drug-likeness (QED) is 0.0673. The van der Waals surface area contributed by atoms with Crippen LogP contribution < -0.4 is 25.0 Å². The highest BCUT2D eigenvalue weighted by molar-refractivity contribution is 6.33. The van der Waals surface area contributed by atoms with E-state index in [-0.39, 0.29) is 73.9 Å². The number of rotatable bonds is 20. The first kappa shape index (κ1) is 45.2. The monoisotopic (exact) mass is 915 g/mol. The maximum Gasteiger partial charge on any atom is 0.266 e. The number of ether oxygens (including phenoxy) is 6. The minimum atomic E-state index is -1.06. The molecule has 2 aliphatic rings. The highest BCUT2D eigenvalue weighted by atomic mass is 35.5. The van der Waals surface area contributed by atoms with Crippen molar-refractivity contribution in [1.82, 2.24) is 19.8 Å². The van der Waals surface area contributed by atoms with E-state index in [1.807, 2.05) is 13.0 Å². The molecule has 18 heteroatoms. The van der Waals surface area contributed by atoms with Gasteiger partial charge in [-0.2, -0.15) is 5.26 Å². The van der Waals surface area contributed by atoms with Gasteiger partial charge in [0, 0.05) is 47.8 Å². The van der Waals surface area contributed by atoms with Crippen molar-refractivity contribution in [3.05, 3.63) is 123 Å². The lowest BCUT2D eigenvalue weighted by Gasteiger charge is -2.27. The van der Waals surface area contributed by atoms with Gasteiger partial charge in [-0.15, -0.1) is 0 Å². The van der Waals surface area contributed by atoms with Gasteiger partial charge < -0.3 is 37.4 Å². The number of imide groups is 2. The van der Waals surface area contributed by atoms with Crippen LogP contribution in [0.4, 0.5) is 0 Å². The largest absolute Gasteiger partial charge is 0.493 e. The lowest BCUT2D eigenvalue weighted by molar-refractivity contribution is -0.136. The predicted molar refractivity (Wildman–Crippen MR) is 238 cm³/mol. The first-order valence-electron chi connectivity index (χ1n) is 21.1. The molecule has 66 heavy (non-hydrogen) atoms. The van der Waals surface area contributed by atoms with Crippen LogP contribution in [-0.2, 0) is 23.8 Å². The number of fused-ring (bicyclic) bond motifs is 2. The maximum absolute atomic E-state index is 13.6. The van der Waals surface area contributed by atoms with Crippen LogP contribution in [0.3, 0.4) is 0 Å². The van der Waals surface area contributed by atoms with Crippen LogP contribution >= 0.6 is 11.6 Å². The molecule has 6 aromatic rings. The van der Waals surface area contributed by atoms with E-state index in [4.69, 9.17) is 44.4 Å². The molecule has 0 bridgehead atoms. The van der Waals surface area contributed by atoms with Gasteiger partial charge in [-0.3, -0.25) is 34.2 Å². The van der Waals surface area contributed by atoms with Crippen LogP contribution in [0.1, 0.15) is 46.0 Å². The Kier molecular flexibility index (Phi) is 14.1. The van der Waals surface area contributed by atoms with E-state index >= 15 is 0 Å². The summed E-state index contributed by atoms with van der Waals surface area (Å²) in [6.45, 7) is 4.25. The second-order valence-corrected chi connectivity index (χ2v) is 15.3. The van der Waals surface area contributed by atoms with E-state index in [1.54, 1.807) is 77.9 Å². The zero-order valence-electron chi connectivity index (χ0n) is 35.6. The summed E-state index contributed by atoms with van der Waals surface area (Å²) in [5.74, 6) is -0.929. The lowest BCUT2D eigenvalue weighted by Crippen LogP contribution is -2.54. The van der Waals surface area contributed by atoms with E-state index in [0.717, 1.165) is 10.6 Å². The van der Waals surface area contributed by atoms with Crippen molar-refractivity contribution in [2.75, 3.05) is 59.5 Å². The van der Waals surface area contributed by atoms with Crippen molar-refractivity contribution in [3.63, 3.8) is 0 Å². The molecule has 4 heterocycles. The van der Waals surface area contributed by atoms with Crippen LogP contribution in [-0.4, -0.2) is 104 Å². The topological polar surface area (TPSA) is 211 Å². The first-order chi connectivity index (χ1) is 32.1. The zero-order valence-corrected chi connectivity index (χ0v) is 36.3. The Bertz CT molecular complexity index is 2910. The van der Waals surface area contributed by atoms with E-state index in [9.17, 15) is 29.2 Å². The van der Waals surface area contributed by atoms with Crippen LogP contribution in [0.2, 0.25) is 5.02 Å². The average Bonchev–Trinajstić information content (AvgIpc) is 3.94. The number of nitrogens with one attached hydrogen (secondary N) is 1. The van der Waals surface area contributed by atoms with Gasteiger partial charge in [0.05, 0.1) is 85.7 Å². The number of hydrogen-bond acceptors (Lipinski definition) is 14. The number of nitriles is 1. The first-order valence-corrected chi connectivity index (χ1v) is 21.4. The van der Waals surface area contributed by atoms with E-state index in [2.05, 4.69) is 16.4 Å². The van der Waals surface area contributed by atoms with Crippen LogP contribution in [0.15, 0.2) is 101 Å². The van der Waals surface area contributed by atoms with Gasteiger partial charge in [0.25, 0.3) is 11.8 Å². The molecule has 1 N–H and O–H groups in total. The maximum atomic E-state index is 13.6. The molecule has 2 aromatic heterocycles. The predicted octanol–water partition coefficient (Wildman–Crippen LogP) is 6.15. The van der Waals surface area contributed by atoms with Crippen molar-refractivity contribution in [3.8, 4) is 51.5 Å². The summed E-state index contributed by atoms with van der Waals surface area (Å²) in [5, 5.41) is 12.6. The van der Waals surface area contributed by atoms with Crippen LogP contribution in [0, 0.1) is 11.3 Å². The fraction of sp³-hybridized carbons (Fsp3) is 0.271. The summed E-state index contributed by atoms with van der Waals surface area (Å²) in [6.07, 6.45) is 5.17. The Labute approximate surface area is 382 Å². The standard InChI is InChI=1S/C48H42ClN5O12/c1-2-63-41-26-43-36(24-35(41)30-20-29(27-50)21-31(22-30)53-11-10-51-28-53)39(55)25-42(66-43)33-7-6-32(23-37(33)49)64-18-16-61-14-12-60-13-15-62-17-19-65-40-5-3-4-34-45(40)48(59)54(47(34)58)38-8-9-44(56)52-46(38)57/h3-7,10-11,20-26,28,38H,2,8-9,12-19H2,1H3,(H,52,56,57). The van der Waals surface area contributed by atoms with E-state index in [0.29, 0.717) is 76.2 Å². The average molecular weight is 916 g/mol. The number of carbonyl (C=O) groups is 4. The molecule has 2 aliphatic heterocycles. The summed E-state index contributed by atoms with van der Waals surface area (Å²) < 4.78 is 42.4. The molecule has 0 radical (unpaired) electrons. The van der Waals surface area contributed by atoms with Crippen molar-refractivity contribution in [2.45, 2.75) is 25.8 Å². The molecule has 17 nitrogen and oxygen atoms in total. The Morgan fingerprint density at radius 3 is 2.26 bits per heavy atom. The molecular weight excluding hydrogens is 874 g/mol. The van der Waals surface area contributed by atoms with Crippen molar-refractivity contribution in [2.24, 2.45) is 0 Å². The van der Waals surface area contributed by atoms with Gasteiger partial charge in [0.2, 0.25) is 11.8 Å². The summed E-state index contributed by atoms with van der Waals surface area (Å²) in [4.78, 5) is 68.7. The molecule has 4 aromatic carbocycles. The highest BCUT2D eigenvalue weighted by Crippen LogP contribution is 2.38. The number of halogens is 1. The van der Waals surface area contributed by atoms with Crippen LogP contribution in [0.5, 0.6) is 17.2 Å². The van der Waals surface area contributed by atoms with Gasteiger partial charge in [0.1, 0.15) is 47.8 Å². The zero-order chi connectivity index (χ0) is 46.2. The summed E-state index contributed by atoms with van der Waals surface area (Å²) in [5.41, 5.74) is 3.21. The molecule has 1 fully saturated rings. The molecule has 1 atom stereocenters. The second kappa shape index (κ2) is 20.6. The van der Waals surface area contributed by atoms with Gasteiger partial charge in [0.15, 0.2) is 5.43 Å². The number of imidazole rings is 1. The third-order valence-corrected chi connectivity index (χ3v) is 11.0. The Balaban J connectivity index is 0.759. The number of aromatic nitrogens is 2. The molecule has 1 unspecified atom stereocenters. The number of amides is 4. The van der Waals surface area contributed by atoms with E-state index < -0.39 is 29.7 Å². The second-order valence-electron chi connectivity index (χ2n) is 14.9. The molecule has 338 valence electrons. The molecule has 8 rings (SSSR count). The SMILES string of the molecule is CCOc1cc2oc(-c3ccc(OCCOCCOCCOCCOc4cccc5c4C(=O)N(C4CCC(=O)NC4=O)C5=O)cc3Cl)cc(=O)c2cc1-c1cc(C#N)cc(-n2ccnc2)c1. The Hall–Kier alpha value is -7.36. The number of benzene rings is 4. The fourth-order valence-electron chi connectivity index (χ4n) is 7.57. The normalized spacial score (nSPS) is 14.6. The highest BCUT2D eigenvalue weighted by Gasteiger charge is 2.46. The third kappa shape index (κ3) is 9.97. The fourth-order valence-corrected chi connectivity index (χ4v) is 7.83. The van der Waals surface area contributed by atoms with Crippen LogP contribution in [0.25, 0.3) is 39.1 Å². The minimum Gasteiger partial charge on any atom is -0.493 e. The molecule has 4 amide bonds. The number of nitrogens with zero attached hydrogens (tertiary/aromatic N) is 4. The lowest BCUT2D eigenvalue weighted by atomic mass is 9.99. The Morgan fingerprint density at radius 1 is 0.803 bits per heavy atom. The molecule has 1 saturated heterocycles. The van der Waals surface area contributed by atoms with Crippen molar-refractivity contribution < 1.29 is 52.0 Å². The summed E-state index contributed by atoms with van der Waals surface area (Å²) in [6, 6.07) is 21.0. The minimum absolute atomic E-state index is 0.0320. The van der Waals surface area contributed by atoms with Crippen molar-refractivity contribution in [1.29, 1.82) is 5.26 Å². The summed E-state index contributed by atoms with van der Waals surface area (Å²) >= 11 is 6.68. The molecule has 0 spiro atoms. The van der Waals surface area contributed by atoms with Gasteiger partial charge >= 0.3 is 0 Å². The Morgan fingerprint density at radius 2 is 1.56 bits per heavy atom. The van der Waals surface area contributed by atoms with E-state index in [1.165, 1.54) is 12.1 Å². The number of hydrogen-bond donors (Lipinski definition) is 1. The molecular formula is C48H42ClN5O12. The number of carbonyl (C=O) groups excluding carboxylic acids is 4. The number of piperidine rings is 1. The molecule has 0 aliphatic carbocycles. The molecule has 0 saturated carbocycles. The van der Waals surface area contributed by atoms with Crippen molar-refractivity contribution >= 4 is 46.2 Å². The third-order valence-electron chi connectivity index (χ3n) is 10.7. The smallest absolute Gasteiger partial charge is 0.266 e.